The van der Waals surface area contributed by atoms with Gasteiger partial charge in [-0.15, -0.1) is 0 Å². The van der Waals surface area contributed by atoms with Crippen molar-refractivity contribution in [1.29, 1.82) is 0 Å². The van der Waals surface area contributed by atoms with Gasteiger partial charge in [0.25, 0.3) is 0 Å². The van der Waals surface area contributed by atoms with E-state index in [4.69, 9.17) is 10.8 Å². The Morgan fingerprint density at radius 1 is 1.63 bits per heavy atom. The van der Waals surface area contributed by atoms with Crippen LogP contribution in [0.15, 0.2) is 24.4 Å². The number of pyridine rings is 1. The van der Waals surface area contributed by atoms with Crippen molar-refractivity contribution >= 4 is 6.09 Å². The second kappa shape index (κ2) is 5.57. The molecule has 5 heteroatoms. The number of hydrogen-bond acceptors (Lipinski definition) is 4. The molecule has 0 saturated carbocycles. The predicted molar refractivity (Wildman–Crippen MR) is 70.7 cm³/mol. The van der Waals surface area contributed by atoms with Gasteiger partial charge in [0.1, 0.15) is 11.7 Å². The normalized spacial score (nSPS) is 20.9. The summed E-state index contributed by atoms with van der Waals surface area (Å²) in [5.41, 5.74) is 0.162. The standard InChI is InChI=1S/C14H20N2O3/c1-14(2,3)19-13(17)16-8-9-18-12(10-16)11-6-4-5-7-15-11/h4-7,12H,8-10H2,1-3H3/t12-/m0/s1/i4D. The molecule has 0 aliphatic carbocycles. The fourth-order valence-electron chi connectivity index (χ4n) is 1.83. The summed E-state index contributed by atoms with van der Waals surface area (Å²) in [4.78, 5) is 17.9. The molecule has 1 aliphatic heterocycles. The van der Waals surface area contributed by atoms with E-state index < -0.39 is 5.60 Å². The Morgan fingerprint density at radius 3 is 3.11 bits per heavy atom. The lowest BCUT2D eigenvalue weighted by Crippen LogP contribution is -2.44. The highest BCUT2D eigenvalue weighted by molar-refractivity contribution is 5.68. The van der Waals surface area contributed by atoms with Crippen LogP contribution in [0.2, 0.25) is 0 Å². The highest BCUT2D eigenvalue weighted by atomic mass is 16.6. The summed E-state index contributed by atoms with van der Waals surface area (Å²) in [6.45, 7) is 6.86. The fourth-order valence-corrected chi connectivity index (χ4v) is 1.83. The first-order chi connectivity index (χ1) is 9.35. The van der Waals surface area contributed by atoms with E-state index in [1.807, 2.05) is 20.8 Å². The number of hydrogen-bond donors (Lipinski definition) is 0. The van der Waals surface area contributed by atoms with Crippen LogP contribution < -0.4 is 0 Å². The Hall–Kier alpha value is -1.62. The molecule has 1 aromatic rings. The van der Waals surface area contributed by atoms with Crippen LogP contribution in [0.4, 0.5) is 4.79 Å². The van der Waals surface area contributed by atoms with Gasteiger partial charge in [0.15, 0.2) is 0 Å². The molecule has 0 radical (unpaired) electrons. The van der Waals surface area contributed by atoms with Crippen molar-refractivity contribution in [3.05, 3.63) is 30.1 Å². The molecule has 104 valence electrons. The van der Waals surface area contributed by atoms with Gasteiger partial charge >= 0.3 is 6.09 Å². The summed E-state index contributed by atoms with van der Waals surface area (Å²) in [5, 5.41) is 0. The Labute approximate surface area is 114 Å². The van der Waals surface area contributed by atoms with E-state index in [0.29, 0.717) is 31.4 Å². The zero-order valence-electron chi connectivity index (χ0n) is 12.5. The Bertz CT molecular complexity index is 488. The van der Waals surface area contributed by atoms with Crippen molar-refractivity contribution in [1.82, 2.24) is 9.88 Å². The highest BCUT2D eigenvalue weighted by Crippen LogP contribution is 2.21. The largest absolute Gasteiger partial charge is 0.444 e. The van der Waals surface area contributed by atoms with E-state index in [2.05, 4.69) is 4.98 Å². The maximum absolute atomic E-state index is 12.0. The number of ether oxygens (including phenoxy) is 2. The predicted octanol–water partition coefficient (Wildman–Crippen LogP) is 2.39. The van der Waals surface area contributed by atoms with Gasteiger partial charge in [-0.05, 0) is 32.9 Å². The maximum atomic E-state index is 12.0. The van der Waals surface area contributed by atoms with Crippen LogP contribution >= 0.6 is 0 Å². The lowest BCUT2D eigenvalue weighted by atomic mass is 10.2. The van der Waals surface area contributed by atoms with Crippen LogP contribution in [0.3, 0.4) is 0 Å². The molecule has 1 amide bonds. The van der Waals surface area contributed by atoms with Crippen LogP contribution in [0.25, 0.3) is 0 Å². The van der Waals surface area contributed by atoms with E-state index in [-0.39, 0.29) is 12.2 Å². The topological polar surface area (TPSA) is 51.7 Å². The molecule has 0 bridgehead atoms. The molecular weight excluding hydrogens is 244 g/mol. The van der Waals surface area contributed by atoms with Gasteiger partial charge in [0.05, 0.1) is 20.2 Å². The molecule has 5 nitrogen and oxygen atoms in total. The summed E-state index contributed by atoms with van der Waals surface area (Å²) < 4.78 is 18.6. The first-order valence-corrected chi connectivity index (χ1v) is 6.37. The zero-order chi connectivity index (χ0) is 14.8. The van der Waals surface area contributed by atoms with E-state index in [1.165, 1.54) is 0 Å². The second-order valence-electron chi connectivity index (χ2n) is 5.47. The average Bonchev–Trinajstić information content (AvgIpc) is 2.37. The van der Waals surface area contributed by atoms with Crippen LogP contribution in [-0.4, -0.2) is 41.3 Å². The van der Waals surface area contributed by atoms with E-state index >= 15 is 0 Å². The van der Waals surface area contributed by atoms with Crippen LogP contribution in [0.1, 0.15) is 33.9 Å². The van der Waals surface area contributed by atoms with Crippen LogP contribution in [-0.2, 0) is 9.47 Å². The highest BCUT2D eigenvalue weighted by Gasteiger charge is 2.29. The van der Waals surface area contributed by atoms with Crippen molar-refractivity contribution in [2.45, 2.75) is 32.5 Å². The molecule has 0 spiro atoms. The Morgan fingerprint density at radius 2 is 2.42 bits per heavy atom. The molecule has 0 unspecified atom stereocenters. The fraction of sp³-hybridized carbons (Fsp3) is 0.571. The summed E-state index contributed by atoms with van der Waals surface area (Å²) in [6, 6.07) is 3.65. The molecule has 2 heterocycles. The number of morpholine rings is 1. The lowest BCUT2D eigenvalue weighted by molar-refractivity contribution is -0.0447. The van der Waals surface area contributed by atoms with Gasteiger partial charge in [-0.25, -0.2) is 4.79 Å². The van der Waals surface area contributed by atoms with Crippen molar-refractivity contribution in [3.8, 4) is 0 Å². The molecule has 19 heavy (non-hydrogen) atoms. The van der Waals surface area contributed by atoms with Gasteiger partial charge < -0.3 is 14.4 Å². The lowest BCUT2D eigenvalue weighted by Gasteiger charge is -2.33. The molecule has 1 atom stereocenters. The molecule has 1 aromatic heterocycles. The number of rotatable bonds is 1. The first kappa shape index (κ1) is 12.4. The molecular formula is C14H20N2O3. The summed E-state index contributed by atoms with van der Waals surface area (Å²) >= 11 is 0. The monoisotopic (exact) mass is 265 g/mol. The smallest absolute Gasteiger partial charge is 0.410 e. The number of nitrogens with zero attached hydrogens (tertiary/aromatic N) is 2. The number of aromatic nitrogens is 1. The number of carbonyl (C=O) groups excluding carboxylic acids is 1. The molecule has 1 fully saturated rings. The minimum atomic E-state index is -0.510. The molecule has 1 saturated heterocycles. The van der Waals surface area contributed by atoms with Gasteiger partial charge in [-0.1, -0.05) is 6.04 Å². The van der Waals surface area contributed by atoms with E-state index in [9.17, 15) is 4.79 Å². The number of carbonyl (C=O) groups is 1. The molecule has 2 rings (SSSR count). The molecule has 0 aromatic carbocycles. The summed E-state index contributed by atoms with van der Waals surface area (Å²) in [5.74, 6) is 0. The molecule has 1 aliphatic rings. The second-order valence-corrected chi connectivity index (χ2v) is 5.47. The minimum Gasteiger partial charge on any atom is -0.444 e. The van der Waals surface area contributed by atoms with Crippen LogP contribution in [0, 0.1) is 0 Å². The van der Waals surface area contributed by atoms with Crippen molar-refractivity contribution < 1.29 is 15.6 Å². The minimum absolute atomic E-state index is 0.304. The van der Waals surface area contributed by atoms with Gasteiger partial charge in [0.2, 0.25) is 0 Å². The van der Waals surface area contributed by atoms with E-state index in [1.54, 1.807) is 23.2 Å². The third-order valence-corrected chi connectivity index (χ3v) is 2.67. The third kappa shape index (κ3) is 3.92. The van der Waals surface area contributed by atoms with Crippen molar-refractivity contribution in [2.75, 3.05) is 19.7 Å². The van der Waals surface area contributed by atoms with Gasteiger partial charge in [0, 0.05) is 12.7 Å². The van der Waals surface area contributed by atoms with Gasteiger partial charge in [-0.3, -0.25) is 4.98 Å². The Kier molecular flexibility index (Phi) is 3.64. The SMILES string of the molecule is [2H]c1ccnc([C@@H]2CN(C(=O)OC(C)(C)C)CCO2)c1. The summed E-state index contributed by atoms with van der Waals surface area (Å²) in [7, 11) is 0. The number of amides is 1. The molecule has 0 N–H and O–H groups in total. The Balaban J connectivity index is 2.03. The third-order valence-electron chi connectivity index (χ3n) is 2.67. The van der Waals surface area contributed by atoms with Crippen molar-refractivity contribution in [2.24, 2.45) is 0 Å². The first-order valence-electron chi connectivity index (χ1n) is 6.87. The quantitative estimate of drug-likeness (QED) is 0.782. The average molecular weight is 265 g/mol. The zero-order valence-corrected chi connectivity index (χ0v) is 11.5. The van der Waals surface area contributed by atoms with Gasteiger partial charge in [-0.2, -0.15) is 0 Å². The van der Waals surface area contributed by atoms with E-state index in [0.717, 1.165) is 0 Å². The van der Waals surface area contributed by atoms with Crippen LogP contribution in [0.5, 0.6) is 0 Å². The van der Waals surface area contributed by atoms with Crippen molar-refractivity contribution in [3.63, 3.8) is 0 Å². The summed E-state index contributed by atoms with van der Waals surface area (Å²) in [6.07, 6.45) is 0.933. The maximum Gasteiger partial charge on any atom is 0.410 e.